The van der Waals surface area contributed by atoms with Crippen LogP contribution in [0, 0.1) is 6.92 Å². The van der Waals surface area contributed by atoms with Gasteiger partial charge in [-0.3, -0.25) is 0 Å². The van der Waals surface area contributed by atoms with Crippen LogP contribution in [-0.4, -0.2) is 66.4 Å². The molecule has 1 fully saturated rings. The second-order valence-corrected chi connectivity index (χ2v) is 18.0. The lowest BCUT2D eigenvalue weighted by molar-refractivity contribution is 0.243. The molecular formula is C41H49Cl3N8O5S2. The Morgan fingerprint density at radius 1 is 0.763 bits per heavy atom. The van der Waals surface area contributed by atoms with Crippen molar-refractivity contribution in [3.8, 4) is 5.75 Å². The molecule has 4 N–H and O–H groups in total. The fourth-order valence-corrected chi connectivity index (χ4v) is 8.06. The van der Waals surface area contributed by atoms with Crippen LogP contribution < -0.4 is 26.0 Å². The summed E-state index contributed by atoms with van der Waals surface area (Å²) in [6.07, 6.45) is 4.35. The molecule has 0 aliphatic carbocycles. The summed E-state index contributed by atoms with van der Waals surface area (Å²) < 4.78 is 166. The molecule has 0 spiro atoms. The summed E-state index contributed by atoms with van der Waals surface area (Å²) in [6, 6.07) is 13.9. The molecule has 0 atom stereocenters. The first-order valence-electron chi connectivity index (χ1n) is 24.7. The van der Waals surface area contributed by atoms with Crippen molar-refractivity contribution in [3.63, 3.8) is 0 Å². The summed E-state index contributed by atoms with van der Waals surface area (Å²) in [5.74, 6) is 0.943. The van der Waals surface area contributed by atoms with Crippen molar-refractivity contribution >= 4 is 89.1 Å². The van der Waals surface area contributed by atoms with Gasteiger partial charge in [-0.1, -0.05) is 47.5 Å². The molecule has 1 aliphatic rings. The smallest absolute Gasteiger partial charge is 0.229 e. The Bertz CT molecular complexity index is 3010. The molecule has 0 saturated carbocycles. The first-order valence-corrected chi connectivity index (χ1v) is 21.8. The molecule has 6 rings (SSSR count). The number of halogens is 3. The van der Waals surface area contributed by atoms with Crippen LogP contribution in [0.4, 0.5) is 34.6 Å². The summed E-state index contributed by atoms with van der Waals surface area (Å²) >= 11 is 18.0. The van der Waals surface area contributed by atoms with Crippen LogP contribution in [0.15, 0.2) is 82.8 Å². The Kier molecular flexibility index (Phi) is 10.1. The number of anilines is 6. The number of para-hydroxylation sites is 2. The maximum absolute atomic E-state index is 13.6. The van der Waals surface area contributed by atoms with Gasteiger partial charge in [-0.15, -0.1) is 0 Å². The highest BCUT2D eigenvalue weighted by molar-refractivity contribution is 7.92. The van der Waals surface area contributed by atoms with E-state index < -0.39 is 67.3 Å². The fraction of sp³-hybridized carbons (Fsp3) is 0.366. The number of ether oxygens (including phenoxy) is 1. The third-order valence-corrected chi connectivity index (χ3v) is 12.3. The predicted molar refractivity (Wildman–Crippen MR) is 238 cm³/mol. The number of hydrogen-bond acceptors (Lipinski definition) is 13. The molecule has 0 amide bonds. The van der Waals surface area contributed by atoms with E-state index in [0.717, 1.165) is 49.8 Å². The van der Waals surface area contributed by atoms with Gasteiger partial charge in [0.15, 0.2) is 31.3 Å². The van der Waals surface area contributed by atoms with Gasteiger partial charge in [0.2, 0.25) is 11.2 Å². The van der Waals surface area contributed by atoms with Gasteiger partial charge in [0, 0.05) is 19.2 Å². The Labute approximate surface area is 381 Å². The minimum Gasteiger partial charge on any atom is -0.489 e. The number of aryl methyl sites for hydroxylation is 1. The highest BCUT2D eigenvalue weighted by atomic mass is 35.5. The number of benzene rings is 3. The molecule has 3 aromatic carbocycles. The van der Waals surface area contributed by atoms with E-state index >= 15 is 0 Å². The lowest BCUT2D eigenvalue weighted by Crippen LogP contribution is -2.27. The van der Waals surface area contributed by atoms with Gasteiger partial charge < -0.3 is 26.0 Å². The van der Waals surface area contributed by atoms with Crippen molar-refractivity contribution in [1.82, 2.24) is 25.3 Å². The lowest BCUT2D eigenvalue weighted by Gasteiger charge is -2.26. The number of hydrogen-bond donors (Lipinski definition) is 4. The third kappa shape index (κ3) is 11.5. The van der Waals surface area contributed by atoms with Gasteiger partial charge in [0.1, 0.15) is 15.8 Å². The molecule has 59 heavy (non-hydrogen) atoms. The van der Waals surface area contributed by atoms with Crippen molar-refractivity contribution in [3.05, 3.63) is 99.5 Å². The van der Waals surface area contributed by atoms with Crippen LogP contribution in [0.3, 0.4) is 0 Å². The quantitative estimate of drug-likeness (QED) is 0.0822. The average molecular weight is 918 g/mol. The van der Waals surface area contributed by atoms with E-state index in [4.69, 9.17) is 58.7 Å². The Morgan fingerprint density at radius 2 is 1.29 bits per heavy atom. The molecule has 1 saturated heterocycles. The topological polar surface area (TPSA) is 177 Å². The van der Waals surface area contributed by atoms with Crippen LogP contribution in [0.1, 0.15) is 90.3 Å². The molecule has 0 unspecified atom stereocenters. The number of aromatic nitrogens is 4. The zero-order valence-corrected chi connectivity index (χ0v) is 35.6. The number of nitrogens with zero attached hydrogens (tertiary/aromatic N) is 4. The Hall–Kier alpha value is -4.25. The number of piperidine rings is 1. The number of rotatable bonds is 13. The summed E-state index contributed by atoms with van der Waals surface area (Å²) in [7, 11) is -10.5. The van der Waals surface area contributed by atoms with Crippen LogP contribution in [0.5, 0.6) is 5.75 Å². The van der Waals surface area contributed by atoms with Crippen molar-refractivity contribution in [2.75, 3.05) is 29.0 Å². The molecule has 18 heteroatoms. The molecule has 0 bridgehead atoms. The predicted octanol–water partition coefficient (Wildman–Crippen LogP) is 10.1. The van der Waals surface area contributed by atoms with E-state index in [9.17, 15) is 16.8 Å². The SMILES string of the molecule is [2H]C([2H])([2H])C([2H])(C([2H])([2H])[2H])S(=O)(=O)c1ccccc1Nc1nc(Cl)ncc1Cl.[2H]C([2H])([2H])C([2H])(C([2H])([2H])[2H])S(=O)(=O)c1ccccc1Nc1nc(Nc2cc(C)c(C3CCNCC3)cc2OC(C)C)ncc1Cl. The Morgan fingerprint density at radius 3 is 1.83 bits per heavy atom. The summed E-state index contributed by atoms with van der Waals surface area (Å²) in [6.45, 7) is -6.98. The van der Waals surface area contributed by atoms with Crippen molar-refractivity contribution in [2.45, 2.75) is 93.3 Å². The number of nitrogens with one attached hydrogen (secondary N) is 4. The molecule has 13 nitrogen and oxygen atoms in total. The summed E-state index contributed by atoms with van der Waals surface area (Å²) in [4.78, 5) is 14.7. The maximum Gasteiger partial charge on any atom is 0.229 e. The molecular weight excluding hydrogens is 855 g/mol. The molecule has 316 valence electrons. The highest BCUT2D eigenvalue weighted by Crippen LogP contribution is 2.38. The zero-order chi connectivity index (χ0) is 54.9. The molecule has 2 aromatic heterocycles. The second kappa shape index (κ2) is 19.9. The largest absolute Gasteiger partial charge is 0.489 e. The summed E-state index contributed by atoms with van der Waals surface area (Å²) in [5, 5.41) is 3.98. The third-order valence-electron chi connectivity index (χ3n) is 8.61. The highest BCUT2D eigenvalue weighted by Gasteiger charge is 2.25. The minimum absolute atomic E-state index is 0.00683. The first kappa shape index (κ1) is 29.9. The van der Waals surface area contributed by atoms with Crippen LogP contribution in [0.2, 0.25) is 15.3 Å². The van der Waals surface area contributed by atoms with Gasteiger partial charge in [-0.05, 0) is 139 Å². The van der Waals surface area contributed by atoms with Gasteiger partial charge in [0.05, 0.1) is 55.8 Å². The van der Waals surface area contributed by atoms with E-state index in [2.05, 4.69) is 41.2 Å². The van der Waals surface area contributed by atoms with Gasteiger partial charge in [-0.25, -0.2) is 26.8 Å². The average Bonchev–Trinajstić information content (AvgIpc) is 3.28. The Balaban J connectivity index is 0.000000303. The standard InChI is InChI=1S/C28H36ClN5O3S.C13H13Cl2N3O2S/c1-17(2)37-25-15-21(20-10-12-30-13-11-20)19(5)14-24(25)33-28-31-16-22(29)27(34-28)32-23-8-6-7-9-26(23)38(35,36)18(3)4;1-8(2)21(19,20)11-6-4-3-5-10(11)17-12-9(14)7-16-13(15)18-12/h6-9,14-18,20,30H,10-13H2,1-5H3,(H2,31,32,33,34);3-8H,1-2H3,(H,16,17,18)/i3D3,4D3,18D;1D3,2D3,8D. The van der Waals surface area contributed by atoms with Crippen LogP contribution in [-0.2, 0) is 19.7 Å². The second-order valence-electron chi connectivity index (χ2n) is 13.2. The van der Waals surface area contributed by atoms with E-state index in [1.807, 2.05) is 32.9 Å². The van der Waals surface area contributed by atoms with E-state index in [-0.39, 0.29) is 50.4 Å². The van der Waals surface area contributed by atoms with Crippen LogP contribution >= 0.6 is 34.8 Å². The fourth-order valence-electron chi connectivity index (χ4n) is 5.88. The van der Waals surface area contributed by atoms with Crippen molar-refractivity contribution in [1.29, 1.82) is 0 Å². The lowest BCUT2D eigenvalue weighted by atomic mass is 9.87. The minimum atomic E-state index is -5.32. The van der Waals surface area contributed by atoms with Gasteiger partial charge in [0.25, 0.3) is 0 Å². The first-order chi connectivity index (χ1) is 33.5. The van der Waals surface area contributed by atoms with Crippen molar-refractivity contribution < 1.29 is 40.8 Å². The van der Waals surface area contributed by atoms with Gasteiger partial charge >= 0.3 is 0 Å². The van der Waals surface area contributed by atoms with E-state index in [0.29, 0.717) is 17.4 Å². The molecule has 0 radical (unpaired) electrons. The zero-order valence-electron chi connectivity index (χ0n) is 45.7. The number of sulfone groups is 2. The maximum atomic E-state index is 13.6. The molecule has 1 aliphatic heterocycles. The van der Waals surface area contributed by atoms with E-state index in [1.165, 1.54) is 48.2 Å². The monoisotopic (exact) mass is 916 g/mol. The molecule has 5 aromatic rings. The van der Waals surface area contributed by atoms with Crippen molar-refractivity contribution in [2.24, 2.45) is 0 Å². The summed E-state index contributed by atoms with van der Waals surface area (Å²) in [5.41, 5.74) is 2.41. The molecule has 3 heterocycles. The van der Waals surface area contributed by atoms with E-state index in [1.54, 1.807) is 0 Å². The normalized spacial score (nSPS) is 18.3. The van der Waals surface area contributed by atoms with Gasteiger partial charge in [-0.2, -0.15) is 9.97 Å². The van der Waals surface area contributed by atoms with Crippen LogP contribution in [0.25, 0.3) is 0 Å².